The van der Waals surface area contributed by atoms with Crippen LogP contribution in [0.1, 0.15) is 37.7 Å². The Hall–Kier alpha value is -0.730. The zero-order valence-corrected chi connectivity index (χ0v) is 11.9. The van der Waals surface area contributed by atoms with E-state index in [4.69, 9.17) is 17.3 Å². The molecule has 3 heteroatoms. The number of nitrogens with two attached hydrogens (primary N) is 1. The summed E-state index contributed by atoms with van der Waals surface area (Å²) in [6.45, 7) is 2.12. The van der Waals surface area contributed by atoms with Gasteiger partial charge in [-0.3, -0.25) is 0 Å². The van der Waals surface area contributed by atoms with Crippen LogP contribution in [0.25, 0.3) is 0 Å². The lowest BCUT2D eigenvalue weighted by atomic mass is 9.89. The van der Waals surface area contributed by atoms with Gasteiger partial charge in [-0.1, -0.05) is 30.9 Å². The summed E-state index contributed by atoms with van der Waals surface area (Å²) in [4.78, 5) is 2.39. The fourth-order valence-electron chi connectivity index (χ4n) is 2.95. The van der Waals surface area contributed by atoms with Gasteiger partial charge in [0.05, 0.1) is 0 Å². The third-order valence-corrected chi connectivity index (χ3v) is 3.95. The van der Waals surface area contributed by atoms with Crippen LogP contribution in [-0.4, -0.2) is 18.5 Å². The largest absolute Gasteiger partial charge is 0.399 e. The molecule has 0 saturated heterocycles. The maximum Gasteiger partial charge on any atom is 0.0429 e. The van der Waals surface area contributed by atoms with E-state index < -0.39 is 0 Å². The number of nitrogens with zero attached hydrogens (tertiary/aromatic N) is 1. The highest BCUT2D eigenvalue weighted by Crippen LogP contribution is 2.25. The minimum atomic E-state index is 0.732. The lowest BCUT2D eigenvalue weighted by molar-refractivity contribution is 0.228. The molecule has 18 heavy (non-hydrogen) atoms. The highest BCUT2D eigenvalue weighted by molar-refractivity contribution is 6.30. The molecule has 2 nitrogen and oxygen atoms in total. The Kier molecular flexibility index (Phi) is 4.90. The van der Waals surface area contributed by atoms with Crippen LogP contribution < -0.4 is 5.73 Å². The van der Waals surface area contributed by atoms with Crippen molar-refractivity contribution >= 4 is 17.3 Å². The van der Waals surface area contributed by atoms with E-state index in [1.165, 1.54) is 44.2 Å². The first-order valence-corrected chi connectivity index (χ1v) is 7.25. The van der Waals surface area contributed by atoms with Gasteiger partial charge >= 0.3 is 0 Å². The molecule has 0 bridgehead atoms. The standard InChI is InChI=1S/C15H23ClN2/c1-18(10-12-5-3-2-4-6-12)11-13-7-14(16)9-15(17)8-13/h7-9,12H,2-6,10-11,17H2,1H3. The molecule has 1 saturated carbocycles. The van der Waals surface area contributed by atoms with E-state index in [2.05, 4.69) is 11.9 Å². The molecule has 0 radical (unpaired) electrons. The molecule has 0 atom stereocenters. The van der Waals surface area contributed by atoms with Crippen LogP contribution in [0, 0.1) is 5.92 Å². The number of hydrogen-bond acceptors (Lipinski definition) is 2. The van der Waals surface area contributed by atoms with Crippen LogP contribution in [0.2, 0.25) is 5.02 Å². The van der Waals surface area contributed by atoms with Crippen molar-refractivity contribution in [2.24, 2.45) is 5.92 Å². The van der Waals surface area contributed by atoms with Crippen LogP contribution in [0.4, 0.5) is 5.69 Å². The Labute approximate surface area is 115 Å². The highest BCUT2D eigenvalue weighted by atomic mass is 35.5. The zero-order chi connectivity index (χ0) is 13.0. The lowest BCUT2D eigenvalue weighted by Gasteiger charge is -2.27. The lowest BCUT2D eigenvalue weighted by Crippen LogP contribution is -2.26. The number of hydrogen-bond donors (Lipinski definition) is 1. The van der Waals surface area contributed by atoms with Crippen molar-refractivity contribution in [1.29, 1.82) is 0 Å². The van der Waals surface area contributed by atoms with E-state index in [1.54, 1.807) is 6.07 Å². The van der Waals surface area contributed by atoms with E-state index in [1.807, 2.05) is 12.1 Å². The first-order chi connectivity index (χ1) is 8.63. The molecular weight excluding hydrogens is 244 g/mol. The third-order valence-electron chi connectivity index (χ3n) is 3.73. The van der Waals surface area contributed by atoms with Crippen molar-refractivity contribution < 1.29 is 0 Å². The van der Waals surface area contributed by atoms with E-state index in [9.17, 15) is 0 Å². The molecule has 1 aromatic carbocycles. The number of rotatable bonds is 4. The summed E-state index contributed by atoms with van der Waals surface area (Å²) in [6.07, 6.45) is 7.01. The number of benzene rings is 1. The molecule has 0 unspecified atom stereocenters. The average molecular weight is 267 g/mol. The molecule has 1 fully saturated rings. The number of anilines is 1. The average Bonchev–Trinajstić information content (AvgIpc) is 2.28. The normalized spacial score (nSPS) is 17.3. The maximum atomic E-state index is 6.03. The Balaban J connectivity index is 1.87. The Morgan fingerprint density at radius 1 is 1.22 bits per heavy atom. The first-order valence-electron chi connectivity index (χ1n) is 6.87. The van der Waals surface area contributed by atoms with Gasteiger partial charge in [-0.2, -0.15) is 0 Å². The maximum absolute atomic E-state index is 6.03. The zero-order valence-electron chi connectivity index (χ0n) is 11.2. The topological polar surface area (TPSA) is 29.3 Å². The molecule has 0 spiro atoms. The van der Waals surface area contributed by atoms with E-state index in [0.717, 1.165) is 23.2 Å². The van der Waals surface area contributed by atoms with Crippen LogP contribution in [0.3, 0.4) is 0 Å². The molecular formula is C15H23ClN2. The predicted molar refractivity (Wildman–Crippen MR) is 78.8 cm³/mol. The molecule has 100 valence electrons. The monoisotopic (exact) mass is 266 g/mol. The van der Waals surface area contributed by atoms with Gasteiger partial charge < -0.3 is 10.6 Å². The summed E-state index contributed by atoms with van der Waals surface area (Å²) in [5.41, 5.74) is 7.78. The molecule has 2 N–H and O–H groups in total. The Bertz CT molecular complexity index is 366. The van der Waals surface area contributed by atoms with Gasteiger partial charge in [-0.15, -0.1) is 0 Å². The molecule has 0 aromatic heterocycles. The summed E-state index contributed by atoms with van der Waals surface area (Å²) in [6, 6.07) is 5.82. The van der Waals surface area contributed by atoms with Gasteiger partial charge in [0.15, 0.2) is 0 Å². The van der Waals surface area contributed by atoms with Gasteiger partial charge in [0, 0.05) is 23.8 Å². The fraction of sp³-hybridized carbons (Fsp3) is 0.600. The van der Waals surface area contributed by atoms with Crippen LogP contribution in [-0.2, 0) is 6.54 Å². The second-order valence-corrected chi connectivity index (χ2v) is 6.03. The van der Waals surface area contributed by atoms with E-state index >= 15 is 0 Å². The number of nitrogen functional groups attached to an aromatic ring is 1. The van der Waals surface area contributed by atoms with Crippen LogP contribution >= 0.6 is 11.6 Å². The molecule has 0 amide bonds. The Morgan fingerprint density at radius 2 is 1.94 bits per heavy atom. The van der Waals surface area contributed by atoms with Gasteiger partial charge in [0.2, 0.25) is 0 Å². The van der Waals surface area contributed by atoms with Crippen molar-refractivity contribution in [2.45, 2.75) is 38.6 Å². The smallest absolute Gasteiger partial charge is 0.0429 e. The fourth-order valence-corrected chi connectivity index (χ4v) is 3.22. The van der Waals surface area contributed by atoms with Crippen molar-refractivity contribution in [3.63, 3.8) is 0 Å². The summed E-state index contributed by atoms with van der Waals surface area (Å²) in [7, 11) is 2.19. The Morgan fingerprint density at radius 3 is 2.61 bits per heavy atom. The third kappa shape index (κ3) is 4.18. The van der Waals surface area contributed by atoms with Crippen LogP contribution in [0.15, 0.2) is 18.2 Å². The molecule has 1 aliphatic carbocycles. The quantitative estimate of drug-likeness (QED) is 0.837. The SMILES string of the molecule is CN(Cc1cc(N)cc(Cl)c1)CC1CCCCC1. The van der Waals surface area contributed by atoms with E-state index in [-0.39, 0.29) is 0 Å². The molecule has 0 aliphatic heterocycles. The highest BCUT2D eigenvalue weighted by Gasteiger charge is 2.15. The second kappa shape index (κ2) is 6.44. The molecule has 1 aromatic rings. The van der Waals surface area contributed by atoms with Crippen molar-refractivity contribution in [1.82, 2.24) is 4.90 Å². The molecule has 0 heterocycles. The summed E-state index contributed by atoms with van der Waals surface area (Å²) in [5, 5.41) is 0.732. The minimum Gasteiger partial charge on any atom is -0.399 e. The second-order valence-electron chi connectivity index (χ2n) is 5.59. The van der Waals surface area contributed by atoms with Gasteiger partial charge in [0.25, 0.3) is 0 Å². The van der Waals surface area contributed by atoms with E-state index in [0.29, 0.717) is 0 Å². The molecule has 2 rings (SSSR count). The summed E-state index contributed by atoms with van der Waals surface area (Å²) < 4.78 is 0. The van der Waals surface area contributed by atoms with Crippen molar-refractivity contribution in [2.75, 3.05) is 19.3 Å². The van der Waals surface area contributed by atoms with Gasteiger partial charge in [-0.05, 0) is 49.6 Å². The number of halogens is 1. The first kappa shape index (κ1) is 13.7. The summed E-state index contributed by atoms with van der Waals surface area (Å²) >= 11 is 6.03. The van der Waals surface area contributed by atoms with Crippen LogP contribution in [0.5, 0.6) is 0 Å². The predicted octanol–water partition coefficient (Wildman–Crippen LogP) is 3.93. The molecule has 1 aliphatic rings. The van der Waals surface area contributed by atoms with Gasteiger partial charge in [0.1, 0.15) is 0 Å². The van der Waals surface area contributed by atoms with Crippen molar-refractivity contribution in [3.05, 3.63) is 28.8 Å². The minimum absolute atomic E-state index is 0.732. The van der Waals surface area contributed by atoms with Crippen molar-refractivity contribution in [3.8, 4) is 0 Å². The van der Waals surface area contributed by atoms with Gasteiger partial charge in [-0.25, -0.2) is 0 Å². The summed E-state index contributed by atoms with van der Waals surface area (Å²) in [5.74, 6) is 0.875.